The molecule has 7 heteroatoms. The van der Waals surface area contributed by atoms with E-state index in [1.807, 2.05) is 18.2 Å². The molecule has 6 nitrogen and oxygen atoms in total. The first-order valence-corrected chi connectivity index (χ1v) is 33.4. The minimum Gasteiger partial charge on any atom is -0.359 e. The second-order valence-corrected chi connectivity index (χ2v) is 26.0. The maximum Gasteiger partial charge on any atom is 0.134 e. The smallest absolute Gasteiger partial charge is 0.134 e. The number of anilines is 2. The summed E-state index contributed by atoms with van der Waals surface area (Å²) in [4.78, 5) is 8.01. The van der Waals surface area contributed by atoms with Gasteiger partial charge in [0.25, 0.3) is 0 Å². The van der Waals surface area contributed by atoms with Crippen molar-refractivity contribution in [3.63, 3.8) is 0 Å². The van der Waals surface area contributed by atoms with Crippen molar-refractivity contribution in [2.24, 2.45) is 4.99 Å². The lowest BCUT2D eigenvalue weighted by Gasteiger charge is -2.30. The van der Waals surface area contributed by atoms with Gasteiger partial charge in [-0.15, -0.1) is 0 Å². The average molecular weight is 1240 g/mol. The fourth-order valence-electron chi connectivity index (χ4n) is 16.3. The summed E-state index contributed by atoms with van der Waals surface area (Å²) in [6.07, 6.45) is 9.11. The summed E-state index contributed by atoms with van der Waals surface area (Å²) in [6.45, 7) is 0. The van der Waals surface area contributed by atoms with Crippen LogP contribution in [0, 0.1) is 5.82 Å². The third-order valence-corrected chi connectivity index (χ3v) is 20.6. The fourth-order valence-corrected chi connectivity index (χ4v) is 16.3. The van der Waals surface area contributed by atoms with Crippen LogP contribution in [0.3, 0.4) is 0 Å². The minimum absolute atomic E-state index is 0.186. The topological polar surface area (TPSA) is 42.4 Å². The van der Waals surface area contributed by atoms with E-state index < -0.39 is 6.04 Å². The lowest BCUT2D eigenvalue weighted by atomic mass is 9.89. The van der Waals surface area contributed by atoms with E-state index >= 15 is 0 Å². The average Bonchev–Trinajstić information content (AvgIpc) is 1.67. The van der Waals surface area contributed by atoms with Crippen LogP contribution in [0.15, 0.2) is 339 Å². The molecule has 20 rings (SSSR count). The van der Waals surface area contributed by atoms with E-state index in [0.717, 1.165) is 106 Å². The van der Waals surface area contributed by atoms with Gasteiger partial charge in [-0.05, 0) is 177 Å². The highest BCUT2D eigenvalue weighted by Gasteiger charge is 2.38. The number of nitrogens with one attached hydrogen (secondary N) is 1. The van der Waals surface area contributed by atoms with Crippen LogP contribution in [0.5, 0.6) is 0 Å². The number of aliphatic imine (C=N–C) groups is 1. The van der Waals surface area contributed by atoms with Crippen molar-refractivity contribution in [2.75, 3.05) is 4.90 Å². The van der Waals surface area contributed by atoms with Crippen LogP contribution >= 0.6 is 0 Å². The SMILES string of the molecule is Fc1cccc(-c2cccc(C3=Nc4ccc5ccccc5c4C(c4cc(-n5c6ccccc6c6ccc(-c7ccc8c(c7)C7C=CC=CC7N8c7ccccc7)cc65)cc(-n5c6ccccc6c6ccc(-c7ccc8c(c7)c7ccccc7n8-c7ccccc7)cc65)c4)N3)c2)c1. The van der Waals surface area contributed by atoms with E-state index in [0.29, 0.717) is 0 Å². The van der Waals surface area contributed by atoms with Crippen molar-refractivity contribution in [2.45, 2.75) is 18.0 Å². The van der Waals surface area contributed by atoms with Crippen molar-refractivity contribution < 1.29 is 4.39 Å². The molecule has 0 spiro atoms. The molecule has 3 aliphatic rings. The molecule has 1 N–H and O–H groups in total. The Kier molecular flexibility index (Phi) is 12.3. The molecule has 14 aromatic carbocycles. The monoisotopic (exact) mass is 1240 g/mol. The highest BCUT2D eigenvalue weighted by atomic mass is 19.1. The second kappa shape index (κ2) is 21.7. The summed E-state index contributed by atoms with van der Waals surface area (Å²) in [7, 11) is 0. The molecule has 0 radical (unpaired) electrons. The largest absolute Gasteiger partial charge is 0.359 e. The molecule has 0 bridgehead atoms. The summed E-state index contributed by atoms with van der Waals surface area (Å²) in [6, 6.07) is 111. The maximum absolute atomic E-state index is 14.9. The van der Waals surface area contributed by atoms with Gasteiger partial charge in [-0.2, -0.15) is 0 Å². The van der Waals surface area contributed by atoms with Gasteiger partial charge in [0.05, 0.1) is 50.9 Å². The minimum atomic E-state index is -0.392. The molecule has 456 valence electrons. The predicted octanol–water partition coefficient (Wildman–Crippen LogP) is 22.8. The first-order chi connectivity index (χ1) is 48.0. The third kappa shape index (κ3) is 8.75. The summed E-state index contributed by atoms with van der Waals surface area (Å²) >= 11 is 0. The Morgan fingerprint density at radius 1 is 0.330 bits per heavy atom. The summed E-state index contributed by atoms with van der Waals surface area (Å²) in [5.41, 5.74) is 24.0. The van der Waals surface area contributed by atoms with E-state index in [-0.39, 0.29) is 17.8 Å². The number of amidine groups is 1. The normalized spacial score (nSPS) is 15.6. The molecular weight excluding hydrogens is 1180 g/mol. The Morgan fingerprint density at radius 3 is 1.54 bits per heavy atom. The van der Waals surface area contributed by atoms with Gasteiger partial charge < -0.3 is 23.9 Å². The molecule has 0 amide bonds. The van der Waals surface area contributed by atoms with Gasteiger partial charge >= 0.3 is 0 Å². The predicted molar refractivity (Wildman–Crippen MR) is 401 cm³/mol. The van der Waals surface area contributed by atoms with Crippen LogP contribution < -0.4 is 10.2 Å². The van der Waals surface area contributed by atoms with Crippen molar-refractivity contribution in [1.82, 2.24) is 19.0 Å². The number of para-hydroxylation sites is 5. The molecule has 97 heavy (non-hydrogen) atoms. The highest BCUT2D eigenvalue weighted by molar-refractivity contribution is 6.14. The lowest BCUT2D eigenvalue weighted by Crippen LogP contribution is -2.33. The second-order valence-electron chi connectivity index (χ2n) is 26.0. The summed E-state index contributed by atoms with van der Waals surface area (Å²) < 4.78 is 22.3. The van der Waals surface area contributed by atoms with Crippen LogP contribution in [0.1, 0.15) is 34.2 Å². The number of fused-ring (bicyclic) bond motifs is 15. The first-order valence-electron chi connectivity index (χ1n) is 33.4. The molecule has 1 aliphatic carbocycles. The zero-order chi connectivity index (χ0) is 63.8. The highest BCUT2D eigenvalue weighted by Crippen LogP contribution is 2.50. The van der Waals surface area contributed by atoms with Crippen molar-refractivity contribution in [3.05, 3.63) is 362 Å². The van der Waals surface area contributed by atoms with E-state index in [4.69, 9.17) is 4.99 Å². The summed E-state index contributed by atoms with van der Waals surface area (Å²) in [5, 5.41) is 13.5. The standard InChI is InChI=1S/C90H59FN6/c91-65-23-18-21-58(48-65)57-20-17-22-63(47-57)90-92-79-44-39-56-19-7-8-28-70(56)88(79)89(93-90)64-49-68(96-80-33-13-9-29-71(80)75-42-37-61(53-86(75)96)59-40-45-84-77(51-59)73-31-11-15-35-82(73)94(84)66-24-3-1-4-25-66)55-69(50-64)97-81-34-14-10-30-72(81)76-43-38-62(54-87(76)97)60-41-46-85-78(52-60)74-32-12-16-36-83(74)95(85)67-26-5-2-6-27-67/h1-55,73,82,89H,(H,92,93). The quantitative estimate of drug-likeness (QED) is 0.156. The fraction of sp³-hybridized carbons (Fsp3) is 0.0333. The Balaban J connectivity index is 0.817. The van der Waals surface area contributed by atoms with Crippen LogP contribution in [-0.4, -0.2) is 25.6 Å². The van der Waals surface area contributed by atoms with Crippen LogP contribution in [-0.2, 0) is 0 Å². The molecule has 2 aliphatic heterocycles. The van der Waals surface area contributed by atoms with Gasteiger partial charge in [0, 0.05) is 77.8 Å². The molecule has 3 atom stereocenters. The Labute approximate surface area is 559 Å². The molecule has 0 saturated carbocycles. The zero-order valence-electron chi connectivity index (χ0n) is 52.6. The molecular formula is C90H59FN6. The van der Waals surface area contributed by atoms with Gasteiger partial charge in [-0.1, -0.05) is 212 Å². The number of aromatic nitrogens is 3. The van der Waals surface area contributed by atoms with E-state index in [2.05, 4.69) is 321 Å². The van der Waals surface area contributed by atoms with Gasteiger partial charge in [0.15, 0.2) is 0 Å². The molecule has 0 saturated heterocycles. The number of hydrogen-bond acceptors (Lipinski definition) is 3. The Bertz CT molecular complexity index is 6220. The van der Waals surface area contributed by atoms with Gasteiger partial charge in [-0.3, -0.25) is 0 Å². The van der Waals surface area contributed by atoms with Crippen LogP contribution in [0.25, 0.3) is 127 Å². The number of allylic oxidation sites excluding steroid dienone is 2. The number of halogens is 1. The van der Waals surface area contributed by atoms with Crippen molar-refractivity contribution >= 4 is 99.1 Å². The Hall–Kier alpha value is -12.6. The Morgan fingerprint density at radius 2 is 0.845 bits per heavy atom. The van der Waals surface area contributed by atoms with Crippen LogP contribution in [0.4, 0.5) is 21.5 Å². The number of hydrogen-bond donors (Lipinski definition) is 1. The van der Waals surface area contributed by atoms with Crippen LogP contribution in [0.2, 0.25) is 0 Å². The maximum atomic E-state index is 14.9. The van der Waals surface area contributed by atoms with E-state index in [1.54, 1.807) is 12.1 Å². The van der Waals surface area contributed by atoms with Gasteiger partial charge in [0.1, 0.15) is 11.7 Å². The van der Waals surface area contributed by atoms with Crippen molar-refractivity contribution in [3.8, 4) is 50.4 Å². The van der Waals surface area contributed by atoms with Gasteiger partial charge in [-0.25, -0.2) is 9.38 Å². The lowest BCUT2D eigenvalue weighted by molar-refractivity contribution is 0.628. The number of nitrogens with zero attached hydrogens (tertiary/aromatic N) is 5. The molecule has 3 aromatic heterocycles. The van der Waals surface area contributed by atoms with E-state index in [1.165, 1.54) is 71.9 Å². The number of rotatable bonds is 9. The molecule has 0 fully saturated rings. The summed E-state index contributed by atoms with van der Waals surface area (Å²) in [5.74, 6) is 0.671. The molecule has 17 aromatic rings. The van der Waals surface area contributed by atoms with E-state index in [9.17, 15) is 4.39 Å². The van der Waals surface area contributed by atoms with Crippen molar-refractivity contribution in [1.29, 1.82) is 0 Å². The van der Waals surface area contributed by atoms with Gasteiger partial charge in [0.2, 0.25) is 0 Å². The number of benzene rings is 14. The first kappa shape index (κ1) is 54.9. The zero-order valence-corrected chi connectivity index (χ0v) is 52.6. The molecule has 5 heterocycles. The molecule has 3 unspecified atom stereocenters. The third-order valence-electron chi connectivity index (χ3n) is 20.6.